The standard InChI is InChI=1S/C34H54O6/c1-21(18-39-22(2)36)24-10-15-34(20-40-23(3)37)17-16-32(6)25(29(24)34)8-9-27-30(4)13-12-28(38)31(5,19-35)26(30)11-14-33(27,32)7/h24-29,35,38H,1,8-20H2,2-7H3/t24-,25?,26?,27?,28-,29?,30-,31-,32+,33+,34+/m0/s1. The van der Waals surface area contributed by atoms with Crippen LogP contribution < -0.4 is 0 Å². The van der Waals surface area contributed by atoms with Crippen LogP contribution in [0.25, 0.3) is 0 Å². The minimum Gasteiger partial charge on any atom is -0.465 e. The molecule has 6 heteroatoms. The van der Waals surface area contributed by atoms with Crippen LogP contribution in [0.15, 0.2) is 12.2 Å². The van der Waals surface area contributed by atoms with E-state index in [1.807, 2.05) is 0 Å². The summed E-state index contributed by atoms with van der Waals surface area (Å²) in [4.78, 5) is 23.6. The van der Waals surface area contributed by atoms with Crippen LogP contribution in [0.4, 0.5) is 0 Å². The Bertz CT molecular complexity index is 1040. The third-order valence-electron chi connectivity index (χ3n) is 14.3. The molecule has 2 N–H and O–H groups in total. The zero-order valence-electron chi connectivity index (χ0n) is 25.9. The summed E-state index contributed by atoms with van der Waals surface area (Å²) in [7, 11) is 0. The quantitative estimate of drug-likeness (QED) is 0.303. The lowest BCUT2D eigenvalue weighted by Gasteiger charge is -2.73. The Morgan fingerprint density at radius 2 is 1.52 bits per heavy atom. The normalized spacial score (nSPS) is 49.6. The van der Waals surface area contributed by atoms with Crippen molar-refractivity contribution in [3.63, 3.8) is 0 Å². The lowest BCUT2D eigenvalue weighted by molar-refractivity contribution is -0.255. The number of hydrogen-bond acceptors (Lipinski definition) is 6. The van der Waals surface area contributed by atoms with E-state index in [1.54, 1.807) is 0 Å². The summed E-state index contributed by atoms with van der Waals surface area (Å²) in [6, 6.07) is 0. The Kier molecular flexibility index (Phi) is 7.60. The highest BCUT2D eigenvalue weighted by molar-refractivity contribution is 5.66. The van der Waals surface area contributed by atoms with Crippen molar-refractivity contribution in [2.24, 2.45) is 56.7 Å². The van der Waals surface area contributed by atoms with Crippen LogP contribution in [0.2, 0.25) is 0 Å². The van der Waals surface area contributed by atoms with E-state index in [9.17, 15) is 19.8 Å². The van der Waals surface area contributed by atoms with Crippen molar-refractivity contribution in [2.45, 2.75) is 112 Å². The molecule has 5 rings (SSSR count). The van der Waals surface area contributed by atoms with Gasteiger partial charge in [0.15, 0.2) is 0 Å². The van der Waals surface area contributed by atoms with Crippen molar-refractivity contribution < 1.29 is 29.3 Å². The molecule has 4 unspecified atom stereocenters. The maximum absolute atomic E-state index is 12.0. The molecule has 226 valence electrons. The second kappa shape index (κ2) is 10.1. The van der Waals surface area contributed by atoms with Crippen LogP contribution in [0, 0.1) is 56.7 Å². The van der Waals surface area contributed by atoms with Gasteiger partial charge in [0.05, 0.1) is 19.3 Å². The third-order valence-corrected chi connectivity index (χ3v) is 14.3. The van der Waals surface area contributed by atoms with E-state index in [2.05, 4.69) is 34.3 Å². The number of carbonyl (C=O) groups excluding carboxylic acids is 2. The lowest BCUT2D eigenvalue weighted by Crippen LogP contribution is -2.67. The van der Waals surface area contributed by atoms with Gasteiger partial charge in [-0.05, 0) is 116 Å². The molecule has 0 saturated heterocycles. The van der Waals surface area contributed by atoms with Gasteiger partial charge >= 0.3 is 11.9 Å². The highest BCUT2D eigenvalue weighted by Crippen LogP contribution is 2.77. The lowest BCUT2D eigenvalue weighted by atomic mass is 9.32. The number of esters is 2. The maximum atomic E-state index is 12.0. The molecule has 0 aromatic rings. The minimum absolute atomic E-state index is 0.0462. The molecule has 0 aromatic carbocycles. The monoisotopic (exact) mass is 558 g/mol. The first kappa shape index (κ1) is 30.1. The van der Waals surface area contributed by atoms with Gasteiger partial charge in [-0.15, -0.1) is 0 Å². The van der Waals surface area contributed by atoms with Crippen LogP contribution >= 0.6 is 0 Å². The van der Waals surface area contributed by atoms with Gasteiger partial charge in [-0.1, -0.05) is 34.3 Å². The predicted molar refractivity (Wildman–Crippen MR) is 154 cm³/mol. The van der Waals surface area contributed by atoms with Gasteiger partial charge in [-0.25, -0.2) is 0 Å². The molecular formula is C34H54O6. The minimum atomic E-state index is -0.442. The van der Waals surface area contributed by atoms with E-state index in [1.165, 1.54) is 13.8 Å². The molecule has 5 fully saturated rings. The number of rotatable bonds is 6. The first-order chi connectivity index (χ1) is 18.7. The van der Waals surface area contributed by atoms with Crippen LogP contribution in [0.1, 0.15) is 106 Å². The fraction of sp³-hybridized carbons (Fsp3) is 0.882. The maximum Gasteiger partial charge on any atom is 0.302 e. The number of carbonyl (C=O) groups is 2. The Balaban J connectivity index is 1.51. The number of aliphatic hydroxyl groups excluding tert-OH is 2. The molecule has 0 bridgehead atoms. The molecule has 6 nitrogen and oxygen atoms in total. The average Bonchev–Trinajstić information content (AvgIpc) is 3.29. The summed E-state index contributed by atoms with van der Waals surface area (Å²) < 4.78 is 11.2. The summed E-state index contributed by atoms with van der Waals surface area (Å²) in [5.74, 6) is 1.48. The SMILES string of the molecule is C=C(COC(C)=O)[C@@H]1CC[C@]2(COC(C)=O)CC[C@]3(C)C(CCC4[C@@]5(C)CC[C@H](O)[C@@](C)(CO)C5CC[C@]43C)C12. The number of ether oxygens (including phenoxy) is 2. The van der Waals surface area contributed by atoms with Crippen LogP contribution in [0.3, 0.4) is 0 Å². The van der Waals surface area contributed by atoms with Gasteiger partial charge in [-0.3, -0.25) is 9.59 Å². The summed E-state index contributed by atoms with van der Waals surface area (Å²) in [6.07, 6.45) is 10.0. The third kappa shape index (κ3) is 4.16. The first-order valence-electron chi connectivity index (χ1n) is 15.9. The van der Waals surface area contributed by atoms with Gasteiger partial charge in [-0.2, -0.15) is 0 Å². The summed E-state index contributed by atoms with van der Waals surface area (Å²) in [5.41, 5.74) is 0.897. The first-order valence-corrected chi connectivity index (χ1v) is 15.9. The van der Waals surface area contributed by atoms with Gasteiger partial charge < -0.3 is 19.7 Å². The zero-order valence-corrected chi connectivity index (χ0v) is 25.9. The fourth-order valence-electron chi connectivity index (χ4n) is 12.0. The van der Waals surface area contributed by atoms with Crippen molar-refractivity contribution in [1.29, 1.82) is 0 Å². The number of aliphatic hydroxyl groups is 2. The van der Waals surface area contributed by atoms with E-state index in [0.29, 0.717) is 30.3 Å². The molecule has 0 heterocycles. The van der Waals surface area contributed by atoms with E-state index >= 15 is 0 Å². The molecule has 0 aromatic heterocycles. The number of fused-ring (bicyclic) bond motifs is 7. The molecule has 0 spiro atoms. The predicted octanol–water partition coefficient (Wildman–Crippen LogP) is 6.08. The summed E-state index contributed by atoms with van der Waals surface area (Å²) in [6.45, 7) is 18.0. The highest BCUT2D eigenvalue weighted by atomic mass is 16.5. The van der Waals surface area contributed by atoms with Crippen molar-refractivity contribution >= 4 is 11.9 Å². The Morgan fingerprint density at radius 3 is 2.17 bits per heavy atom. The van der Waals surface area contributed by atoms with E-state index in [-0.39, 0.29) is 52.7 Å². The van der Waals surface area contributed by atoms with E-state index in [0.717, 1.165) is 69.8 Å². The molecule has 5 aliphatic rings. The van der Waals surface area contributed by atoms with Gasteiger partial charge in [0.2, 0.25) is 0 Å². The molecule has 40 heavy (non-hydrogen) atoms. The second-order valence-electron chi connectivity index (χ2n) is 15.6. The second-order valence-corrected chi connectivity index (χ2v) is 15.6. The molecule has 11 atom stereocenters. The fourth-order valence-corrected chi connectivity index (χ4v) is 12.0. The zero-order chi connectivity index (χ0) is 29.3. The smallest absolute Gasteiger partial charge is 0.302 e. The van der Waals surface area contributed by atoms with Gasteiger partial charge in [0.1, 0.15) is 6.61 Å². The van der Waals surface area contributed by atoms with Crippen molar-refractivity contribution in [3.8, 4) is 0 Å². The molecule has 0 amide bonds. The Labute approximate surface area is 241 Å². The van der Waals surface area contributed by atoms with E-state index in [4.69, 9.17) is 9.47 Å². The summed E-state index contributed by atoms with van der Waals surface area (Å²) in [5, 5.41) is 21.5. The van der Waals surface area contributed by atoms with Crippen molar-refractivity contribution in [1.82, 2.24) is 0 Å². The topological polar surface area (TPSA) is 93.1 Å². The average molecular weight is 559 g/mol. The van der Waals surface area contributed by atoms with E-state index < -0.39 is 11.5 Å². The highest BCUT2D eigenvalue weighted by Gasteiger charge is 2.71. The molecule has 5 aliphatic carbocycles. The molecule has 5 saturated carbocycles. The Hall–Kier alpha value is -1.40. The van der Waals surface area contributed by atoms with Gasteiger partial charge in [0, 0.05) is 24.7 Å². The van der Waals surface area contributed by atoms with Crippen LogP contribution in [-0.2, 0) is 19.1 Å². The molecule has 0 aliphatic heterocycles. The summed E-state index contributed by atoms with van der Waals surface area (Å²) >= 11 is 0. The van der Waals surface area contributed by atoms with Crippen LogP contribution in [-0.4, -0.2) is 48.1 Å². The van der Waals surface area contributed by atoms with Gasteiger partial charge in [0.25, 0.3) is 0 Å². The van der Waals surface area contributed by atoms with Crippen molar-refractivity contribution in [2.75, 3.05) is 19.8 Å². The van der Waals surface area contributed by atoms with Crippen LogP contribution in [0.5, 0.6) is 0 Å². The number of hydrogen-bond donors (Lipinski definition) is 2. The molecular weight excluding hydrogens is 504 g/mol. The Morgan fingerprint density at radius 1 is 0.825 bits per heavy atom. The largest absolute Gasteiger partial charge is 0.465 e. The molecule has 0 radical (unpaired) electrons. The van der Waals surface area contributed by atoms with Crippen molar-refractivity contribution in [3.05, 3.63) is 12.2 Å².